The second kappa shape index (κ2) is 7.81. The molecule has 2 fully saturated rings. The smallest absolute Gasteiger partial charge is 0.191 e. The van der Waals surface area contributed by atoms with E-state index in [1.807, 2.05) is 0 Å². The van der Waals surface area contributed by atoms with Gasteiger partial charge in [0.05, 0.1) is 6.10 Å². The predicted molar refractivity (Wildman–Crippen MR) is 98.1 cm³/mol. The second-order valence-electron chi connectivity index (χ2n) is 8.67. The Balaban J connectivity index is 1.83. The first-order valence-corrected chi connectivity index (χ1v) is 12.2. The molecule has 1 aliphatic heterocycles. The van der Waals surface area contributed by atoms with Gasteiger partial charge < -0.3 is 13.9 Å². The minimum Gasteiger partial charge on any atom is -0.417 e. The van der Waals surface area contributed by atoms with E-state index < -0.39 is 8.32 Å². The van der Waals surface area contributed by atoms with Crippen LogP contribution >= 0.6 is 0 Å². The summed E-state index contributed by atoms with van der Waals surface area (Å²) in [6, 6.07) is 0. The third kappa shape index (κ3) is 5.15. The molecule has 0 radical (unpaired) electrons. The lowest BCUT2D eigenvalue weighted by atomic mass is 9.98. The molecule has 1 aliphatic carbocycles. The van der Waals surface area contributed by atoms with Crippen LogP contribution in [-0.4, -0.2) is 33.9 Å². The Hall–Kier alpha value is -0.163. The predicted octanol–water partition coefficient (Wildman–Crippen LogP) is 5.28. The summed E-state index contributed by atoms with van der Waals surface area (Å²) >= 11 is 0. The number of hydrogen-bond donors (Lipinski definition) is 0. The van der Waals surface area contributed by atoms with Crippen LogP contribution in [0.2, 0.25) is 18.1 Å². The van der Waals surface area contributed by atoms with Crippen molar-refractivity contribution in [1.29, 1.82) is 0 Å². The standard InChI is InChI=1S/C19H36O3Si/c1-15-10-11-17(22-18-9-7-8-13-20-18)16(15)12-14-21-23(5,6)19(2,3)4/h16-18H,1,7-14H2,2-6H3. The van der Waals surface area contributed by atoms with E-state index in [1.54, 1.807) is 0 Å². The molecule has 3 unspecified atom stereocenters. The zero-order valence-electron chi connectivity index (χ0n) is 15.8. The van der Waals surface area contributed by atoms with Gasteiger partial charge >= 0.3 is 0 Å². The van der Waals surface area contributed by atoms with Gasteiger partial charge in [0.1, 0.15) is 0 Å². The largest absolute Gasteiger partial charge is 0.417 e. The fraction of sp³-hybridized carbons (Fsp3) is 0.895. The first-order valence-electron chi connectivity index (χ1n) is 9.29. The van der Waals surface area contributed by atoms with Crippen molar-refractivity contribution >= 4 is 8.32 Å². The molecule has 134 valence electrons. The van der Waals surface area contributed by atoms with Crippen LogP contribution in [0.25, 0.3) is 0 Å². The molecule has 4 heteroatoms. The van der Waals surface area contributed by atoms with Crippen LogP contribution in [-0.2, 0) is 13.9 Å². The second-order valence-corrected chi connectivity index (χ2v) is 13.5. The normalized spacial score (nSPS) is 30.0. The van der Waals surface area contributed by atoms with Crippen molar-refractivity contribution in [3.05, 3.63) is 12.2 Å². The van der Waals surface area contributed by atoms with E-state index in [9.17, 15) is 0 Å². The van der Waals surface area contributed by atoms with E-state index in [-0.39, 0.29) is 17.4 Å². The van der Waals surface area contributed by atoms with Gasteiger partial charge in [-0.3, -0.25) is 0 Å². The molecular formula is C19H36O3Si. The van der Waals surface area contributed by atoms with E-state index in [0.717, 1.165) is 38.9 Å². The molecule has 0 aromatic heterocycles. The quantitative estimate of drug-likeness (QED) is 0.486. The fourth-order valence-electron chi connectivity index (χ4n) is 3.20. The molecule has 23 heavy (non-hydrogen) atoms. The molecule has 0 N–H and O–H groups in total. The Labute approximate surface area is 143 Å². The lowest BCUT2D eigenvalue weighted by Crippen LogP contribution is -2.41. The third-order valence-corrected chi connectivity index (χ3v) is 10.4. The summed E-state index contributed by atoms with van der Waals surface area (Å²) in [4.78, 5) is 0. The van der Waals surface area contributed by atoms with E-state index in [1.165, 1.54) is 18.4 Å². The highest BCUT2D eigenvalue weighted by Crippen LogP contribution is 2.39. The van der Waals surface area contributed by atoms with Crippen LogP contribution in [0.1, 0.15) is 59.3 Å². The van der Waals surface area contributed by atoms with Gasteiger partial charge in [-0.2, -0.15) is 0 Å². The van der Waals surface area contributed by atoms with Crippen molar-refractivity contribution in [3.63, 3.8) is 0 Å². The average Bonchev–Trinajstić information content (AvgIpc) is 2.80. The van der Waals surface area contributed by atoms with Gasteiger partial charge in [0, 0.05) is 19.1 Å². The van der Waals surface area contributed by atoms with Crippen LogP contribution in [0, 0.1) is 5.92 Å². The molecule has 0 amide bonds. The van der Waals surface area contributed by atoms with Gasteiger partial charge in [-0.25, -0.2) is 0 Å². The molecule has 3 nitrogen and oxygen atoms in total. The summed E-state index contributed by atoms with van der Waals surface area (Å²) in [5.74, 6) is 0.435. The maximum absolute atomic E-state index is 6.35. The molecule has 0 spiro atoms. The summed E-state index contributed by atoms with van der Waals surface area (Å²) in [6.07, 6.45) is 6.90. The lowest BCUT2D eigenvalue weighted by molar-refractivity contribution is -0.193. The topological polar surface area (TPSA) is 27.7 Å². The number of rotatable bonds is 6. The number of hydrogen-bond acceptors (Lipinski definition) is 3. The van der Waals surface area contributed by atoms with Gasteiger partial charge in [0.15, 0.2) is 14.6 Å². The molecule has 2 aliphatic rings. The summed E-state index contributed by atoms with van der Waals surface area (Å²) in [6.45, 7) is 17.5. The Morgan fingerprint density at radius 1 is 1.22 bits per heavy atom. The van der Waals surface area contributed by atoms with Crippen LogP contribution in [0.4, 0.5) is 0 Å². The Kier molecular flexibility index (Phi) is 6.51. The van der Waals surface area contributed by atoms with Crippen LogP contribution in [0.5, 0.6) is 0 Å². The van der Waals surface area contributed by atoms with Crippen LogP contribution < -0.4 is 0 Å². The van der Waals surface area contributed by atoms with Gasteiger partial charge in [0.2, 0.25) is 0 Å². The van der Waals surface area contributed by atoms with Crippen molar-refractivity contribution in [3.8, 4) is 0 Å². The van der Waals surface area contributed by atoms with Crippen molar-refractivity contribution in [2.45, 2.75) is 89.8 Å². The molecule has 3 atom stereocenters. The molecule has 0 bridgehead atoms. The molecular weight excluding hydrogens is 304 g/mol. The Morgan fingerprint density at radius 2 is 1.96 bits per heavy atom. The summed E-state index contributed by atoms with van der Waals surface area (Å²) < 4.78 is 18.4. The van der Waals surface area contributed by atoms with E-state index in [4.69, 9.17) is 13.9 Å². The zero-order chi connectivity index (χ0) is 17.1. The molecule has 0 aromatic carbocycles. The first kappa shape index (κ1) is 19.2. The van der Waals surface area contributed by atoms with Gasteiger partial charge in [0.25, 0.3) is 0 Å². The Bertz CT molecular complexity index is 394. The number of ether oxygens (including phenoxy) is 2. The van der Waals surface area contributed by atoms with Crippen molar-refractivity contribution in [2.24, 2.45) is 5.92 Å². The third-order valence-electron chi connectivity index (χ3n) is 5.89. The summed E-state index contributed by atoms with van der Waals surface area (Å²) in [7, 11) is -1.66. The van der Waals surface area contributed by atoms with Gasteiger partial charge in [-0.15, -0.1) is 0 Å². The van der Waals surface area contributed by atoms with Crippen LogP contribution in [0.3, 0.4) is 0 Å². The molecule has 1 heterocycles. The monoisotopic (exact) mass is 340 g/mol. The molecule has 1 saturated heterocycles. The lowest BCUT2D eigenvalue weighted by Gasteiger charge is -2.37. The first-order chi connectivity index (χ1) is 10.7. The molecule has 2 rings (SSSR count). The zero-order valence-corrected chi connectivity index (χ0v) is 16.8. The van der Waals surface area contributed by atoms with Crippen molar-refractivity contribution in [1.82, 2.24) is 0 Å². The minimum atomic E-state index is -1.66. The SMILES string of the molecule is C=C1CCC(OC2CCCCO2)C1CCO[Si](C)(C)C(C)(C)C. The highest BCUT2D eigenvalue weighted by atomic mass is 28.4. The fourth-order valence-corrected chi connectivity index (χ4v) is 4.26. The minimum absolute atomic E-state index is 0.00320. The van der Waals surface area contributed by atoms with Crippen LogP contribution in [0.15, 0.2) is 12.2 Å². The van der Waals surface area contributed by atoms with Crippen molar-refractivity contribution in [2.75, 3.05) is 13.2 Å². The Morgan fingerprint density at radius 3 is 2.57 bits per heavy atom. The van der Waals surface area contributed by atoms with E-state index in [0.29, 0.717) is 5.92 Å². The highest BCUT2D eigenvalue weighted by Gasteiger charge is 2.38. The highest BCUT2D eigenvalue weighted by molar-refractivity contribution is 6.74. The maximum atomic E-state index is 6.35. The summed E-state index contributed by atoms with van der Waals surface area (Å²) in [5.41, 5.74) is 1.34. The van der Waals surface area contributed by atoms with E-state index >= 15 is 0 Å². The molecule has 1 saturated carbocycles. The van der Waals surface area contributed by atoms with Crippen molar-refractivity contribution < 1.29 is 13.9 Å². The van der Waals surface area contributed by atoms with Gasteiger partial charge in [-0.05, 0) is 56.7 Å². The van der Waals surface area contributed by atoms with Gasteiger partial charge in [-0.1, -0.05) is 32.9 Å². The summed E-state index contributed by atoms with van der Waals surface area (Å²) in [5, 5.41) is 0.269. The maximum Gasteiger partial charge on any atom is 0.191 e. The molecule has 0 aromatic rings. The average molecular weight is 341 g/mol. The van der Waals surface area contributed by atoms with E-state index in [2.05, 4.69) is 40.4 Å².